The number of methoxy groups -OCH3 is 1. The molecule has 0 radical (unpaired) electrons. The smallest absolute Gasteiger partial charge is 0.343 e. The number of nitrogens with zero attached hydrogens (tertiary/aromatic N) is 3. The summed E-state index contributed by atoms with van der Waals surface area (Å²) in [5, 5.41) is 14.0. The number of ether oxygens (including phenoxy) is 1. The van der Waals surface area contributed by atoms with Crippen LogP contribution in [0.3, 0.4) is 0 Å². The second-order valence-electron chi connectivity index (χ2n) is 8.51. The van der Waals surface area contributed by atoms with Crippen LogP contribution in [-0.4, -0.2) is 69.6 Å². The molecule has 8 heteroatoms. The molecule has 0 unspecified atom stereocenters. The highest BCUT2D eigenvalue weighted by Crippen LogP contribution is 2.36. The standard InChI is InChI=1S/C21H34N4O4/c1-14(2)22-19(26)25(28)18-21(5,6)23(20(27)24(18)15(3)4)13-12-16-8-10-17(29-7)11-9-16/h8-11,14-15,18,28H,12-13H2,1-7H3,(H,22,26)/t18-/m1/s1. The van der Waals surface area contributed by atoms with Crippen LogP contribution >= 0.6 is 0 Å². The lowest BCUT2D eigenvalue weighted by molar-refractivity contribution is -0.137. The van der Waals surface area contributed by atoms with Gasteiger partial charge >= 0.3 is 12.1 Å². The zero-order chi connectivity index (χ0) is 21.9. The van der Waals surface area contributed by atoms with Crippen LogP contribution in [-0.2, 0) is 6.42 Å². The first-order valence-electron chi connectivity index (χ1n) is 10.0. The van der Waals surface area contributed by atoms with Crippen molar-refractivity contribution in [2.24, 2.45) is 0 Å². The van der Waals surface area contributed by atoms with Gasteiger partial charge in [-0.05, 0) is 65.7 Å². The van der Waals surface area contributed by atoms with Crippen LogP contribution < -0.4 is 10.1 Å². The molecule has 1 aromatic rings. The average molecular weight is 407 g/mol. The van der Waals surface area contributed by atoms with Crippen LogP contribution in [0.5, 0.6) is 5.75 Å². The summed E-state index contributed by atoms with van der Waals surface area (Å²) in [7, 11) is 1.62. The Labute approximate surface area is 173 Å². The number of nitrogens with one attached hydrogen (secondary N) is 1. The molecule has 2 N–H and O–H groups in total. The fourth-order valence-corrected chi connectivity index (χ4v) is 3.73. The number of urea groups is 2. The number of carbonyl (C=O) groups excluding carboxylic acids is 2. The van der Waals surface area contributed by atoms with Gasteiger partial charge in [0.15, 0.2) is 6.17 Å². The fourth-order valence-electron chi connectivity index (χ4n) is 3.73. The second kappa shape index (κ2) is 8.90. The van der Waals surface area contributed by atoms with Crippen LogP contribution in [0.15, 0.2) is 24.3 Å². The lowest BCUT2D eigenvalue weighted by atomic mass is 9.99. The summed E-state index contributed by atoms with van der Waals surface area (Å²) in [6, 6.07) is 6.60. The fraction of sp³-hybridized carbons (Fsp3) is 0.619. The maximum Gasteiger partial charge on any atom is 0.343 e. The van der Waals surface area contributed by atoms with Crippen molar-refractivity contribution in [3.05, 3.63) is 29.8 Å². The Balaban J connectivity index is 2.24. The first-order valence-corrected chi connectivity index (χ1v) is 10.0. The van der Waals surface area contributed by atoms with E-state index < -0.39 is 17.7 Å². The van der Waals surface area contributed by atoms with Crippen molar-refractivity contribution >= 4 is 12.1 Å². The molecule has 0 aromatic heterocycles. The molecule has 1 aromatic carbocycles. The third kappa shape index (κ3) is 4.75. The summed E-state index contributed by atoms with van der Waals surface area (Å²) >= 11 is 0. The molecule has 1 fully saturated rings. The van der Waals surface area contributed by atoms with Crippen molar-refractivity contribution in [3.63, 3.8) is 0 Å². The number of hydrogen-bond acceptors (Lipinski definition) is 4. The Morgan fingerprint density at radius 2 is 1.83 bits per heavy atom. The van der Waals surface area contributed by atoms with E-state index in [1.807, 2.05) is 65.8 Å². The summed E-state index contributed by atoms with van der Waals surface area (Å²) in [6.45, 7) is 11.6. The van der Waals surface area contributed by atoms with E-state index in [0.29, 0.717) is 18.0 Å². The molecule has 1 atom stereocenters. The molecule has 2 rings (SSSR count). The molecule has 0 spiro atoms. The zero-order valence-corrected chi connectivity index (χ0v) is 18.5. The van der Waals surface area contributed by atoms with Crippen LogP contribution in [0.4, 0.5) is 9.59 Å². The molecular formula is C21H34N4O4. The Bertz CT molecular complexity index is 718. The summed E-state index contributed by atoms with van der Waals surface area (Å²) in [5.41, 5.74) is 0.295. The van der Waals surface area contributed by atoms with Gasteiger partial charge in [0.2, 0.25) is 0 Å². The van der Waals surface area contributed by atoms with Crippen molar-refractivity contribution in [1.29, 1.82) is 0 Å². The Kier molecular flexibility index (Phi) is 7.00. The van der Waals surface area contributed by atoms with Crippen LogP contribution in [0, 0.1) is 0 Å². The topological polar surface area (TPSA) is 85.3 Å². The lowest BCUT2D eigenvalue weighted by Gasteiger charge is -2.39. The van der Waals surface area contributed by atoms with Crippen LogP contribution in [0.1, 0.15) is 47.1 Å². The van der Waals surface area contributed by atoms with E-state index in [2.05, 4.69) is 5.32 Å². The number of benzene rings is 1. The predicted molar refractivity (Wildman–Crippen MR) is 111 cm³/mol. The number of rotatable bonds is 7. The van der Waals surface area contributed by atoms with Gasteiger partial charge < -0.3 is 15.0 Å². The van der Waals surface area contributed by atoms with Crippen molar-refractivity contribution < 1.29 is 19.5 Å². The first-order chi connectivity index (χ1) is 13.5. The molecule has 4 amide bonds. The van der Waals surface area contributed by atoms with Gasteiger partial charge in [-0.15, -0.1) is 0 Å². The molecule has 1 heterocycles. The normalized spacial score (nSPS) is 18.6. The molecule has 0 aliphatic carbocycles. The van der Waals surface area contributed by atoms with E-state index in [4.69, 9.17) is 4.74 Å². The van der Waals surface area contributed by atoms with Crippen molar-refractivity contribution in [3.8, 4) is 5.75 Å². The summed E-state index contributed by atoms with van der Waals surface area (Å²) < 4.78 is 5.19. The van der Waals surface area contributed by atoms with E-state index >= 15 is 0 Å². The SMILES string of the molecule is COc1ccc(CCN2C(=O)N(C(C)C)[C@H](N(O)C(=O)NC(C)C)C2(C)C)cc1. The van der Waals surface area contributed by atoms with E-state index in [-0.39, 0.29) is 18.1 Å². The lowest BCUT2D eigenvalue weighted by Crippen LogP contribution is -2.60. The van der Waals surface area contributed by atoms with Gasteiger partial charge in [-0.1, -0.05) is 12.1 Å². The highest BCUT2D eigenvalue weighted by atomic mass is 16.5. The van der Waals surface area contributed by atoms with E-state index in [9.17, 15) is 14.8 Å². The zero-order valence-electron chi connectivity index (χ0n) is 18.5. The molecule has 1 saturated heterocycles. The third-order valence-corrected chi connectivity index (χ3v) is 5.23. The van der Waals surface area contributed by atoms with Crippen LogP contribution in [0.2, 0.25) is 0 Å². The molecule has 0 bridgehead atoms. The monoisotopic (exact) mass is 406 g/mol. The Morgan fingerprint density at radius 1 is 1.24 bits per heavy atom. The molecule has 1 aliphatic heterocycles. The second-order valence-corrected chi connectivity index (χ2v) is 8.51. The van der Waals surface area contributed by atoms with Gasteiger partial charge in [-0.2, -0.15) is 5.06 Å². The predicted octanol–water partition coefficient (Wildman–Crippen LogP) is 3.30. The van der Waals surface area contributed by atoms with Crippen molar-refractivity contribution in [1.82, 2.24) is 20.2 Å². The minimum absolute atomic E-state index is 0.129. The number of amides is 4. The quantitative estimate of drug-likeness (QED) is 0.537. The molecule has 0 saturated carbocycles. The maximum absolute atomic E-state index is 13.2. The number of hydrogen-bond donors (Lipinski definition) is 2. The molecule has 162 valence electrons. The minimum Gasteiger partial charge on any atom is -0.497 e. The maximum atomic E-state index is 13.2. The van der Waals surface area contributed by atoms with Gasteiger partial charge in [-0.25, -0.2) is 9.59 Å². The largest absolute Gasteiger partial charge is 0.497 e. The number of carbonyl (C=O) groups is 2. The molecule has 29 heavy (non-hydrogen) atoms. The van der Waals surface area contributed by atoms with E-state index in [1.165, 1.54) is 0 Å². The minimum atomic E-state index is -0.801. The molecule has 1 aliphatic rings. The number of hydroxylamine groups is 2. The Hall–Kier alpha value is -2.48. The van der Waals surface area contributed by atoms with Crippen LogP contribution in [0.25, 0.3) is 0 Å². The van der Waals surface area contributed by atoms with Crippen molar-refractivity contribution in [2.45, 2.75) is 71.8 Å². The van der Waals surface area contributed by atoms with E-state index in [1.54, 1.807) is 16.9 Å². The third-order valence-electron chi connectivity index (χ3n) is 5.23. The van der Waals surface area contributed by atoms with Gasteiger partial charge in [0.05, 0.1) is 12.6 Å². The molecular weight excluding hydrogens is 372 g/mol. The highest BCUT2D eigenvalue weighted by molar-refractivity contribution is 5.81. The Morgan fingerprint density at radius 3 is 2.31 bits per heavy atom. The first kappa shape index (κ1) is 22.8. The van der Waals surface area contributed by atoms with Gasteiger partial charge in [0.25, 0.3) is 0 Å². The van der Waals surface area contributed by atoms with Gasteiger partial charge in [-0.3, -0.25) is 10.1 Å². The van der Waals surface area contributed by atoms with Gasteiger partial charge in [0, 0.05) is 18.6 Å². The molecule has 8 nitrogen and oxygen atoms in total. The van der Waals surface area contributed by atoms with E-state index in [0.717, 1.165) is 11.3 Å². The average Bonchev–Trinajstić information content (AvgIpc) is 2.84. The summed E-state index contributed by atoms with van der Waals surface area (Å²) in [4.78, 5) is 28.9. The van der Waals surface area contributed by atoms with Crippen molar-refractivity contribution in [2.75, 3.05) is 13.7 Å². The van der Waals surface area contributed by atoms with Gasteiger partial charge in [0.1, 0.15) is 5.75 Å². The highest BCUT2D eigenvalue weighted by Gasteiger charge is 2.55. The summed E-state index contributed by atoms with van der Waals surface area (Å²) in [5.74, 6) is 0.782. The summed E-state index contributed by atoms with van der Waals surface area (Å²) in [6.07, 6.45) is -0.147.